The summed E-state index contributed by atoms with van der Waals surface area (Å²) in [6.07, 6.45) is 0. The van der Waals surface area contributed by atoms with Crippen molar-refractivity contribution in [3.63, 3.8) is 0 Å². The lowest BCUT2D eigenvalue weighted by molar-refractivity contribution is 0.0660. The Hall–Kier alpha value is -2.28. The predicted molar refractivity (Wildman–Crippen MR) is 85.5 cm³/mol. The average molecular weight is 338 g/mol. The number of carboxylic acids is 1. The van der Waals surface area contributed by atoms with Gasteiger partial charge < -0.3 is 19.0 Å². The van der Waals surface area contributed by atoms with Gasteiger partial charge in [0.25, 0.3) is 0 Å². The van der Waals surface area contributed by atoms with Crippen molar-refractivity contribution >= 4 is 16.8 Å². The summed E-state index contributed by atoms with van der Waals surface area (Å²) in [5, 5.41) is 8.77. The van der Waals surface area contributed by atoms with Crippen LogP contribution in [0, 0.1) is 0 Å². The van der Waals surface area contributed by atoms with Gasteiger partial charge in [0.15, 0.2) is 11.5 Å². The standard InChI is InChI=1S/C16H18O6S/c1-2-20-13-5-3-4-6-14(13)21-9-10-23(19)11-12-7-8-15(22-12)16(17)18/h3-8H,2,9-11H2,1H3,(H,17,18). The number of aromatic carboxylic acids is 1. The number of hydrogen-bond acceptors (Lipinski definition) is 5. The van der Waals surface area contributed by atoms with Crippen molar-refractivity contribution in [2.75, 3.05) is 19.0 Å². The molecule has 0 aliphatic rings. The van der Waals surface area contributed by atoms with Gasteiger partial charge in [0.2, 0.25) is 5.76 Å². The molecule has 1 aromatic carbocycles. The molecule has 6 nitrogen and oxygen atoms in total. The minimum Gasteiger partial charge on any atom is -0.490 e. The highest BCUT2D eigenvalue weighted by molar-refractivity contribution is 7.84. The van der Waals surface area contributed by atoms with Gasteiger partial charge in [-0.2, -0.15) is 0 Å². The molecule has 1 aromatic heterocycles. The molecule has 0 saturated carbocycles. The SMILES string of the molecule is CCOc1ccccc1OCCS(=O)Cc1ccc(C(=O)O)o1. The van der Waals surface area contributed by atoms with Gasteiger partial charge in [0, 0.05) is 10.8 Å². The van der Waals surface area contributed by atoms with E-state index in [0.717, 1.165) is 0 Å². The monoisotopic (exact) mass is 338 g/mol. The van der Waals surface area contributed by atoms with Crippen molar-refractivity contribution in [1.29, 1.82) is 0 Å². The van der Waals surface area contributed by atoms with Crippen LogP contribution in [0.15, 0.2) is 40.8 Å². The highest BCUT2D eigenvalue weighted by Crippen LogP contribution is 2.26. The fraction of sp³-hybridized carbons (Fsp3) is 0.312. The third-order valence-corrected chi connectivity index (χ3v) is 4.12. The molecule has 1 unspecified atom stereocenters. The van der Waals surface area contributed by atoms with Crippen LogP contribution in [0.1, 0.15) is 23.2 Å². The molecule has 0 bridgehead atoms. The van der Waals surface area contributed by atoms with Gasteiger partial charge in [-0.3, -0.25) is 4.21 Å². The van der Waals surface area contributed by atoms with Crippen LogP contribution in [-0.4, -0.2) is 34.3 Å². The molecule has 0 amide bonds. The van der Waals surface area contributed by atoms with Gasteiger partial charge in [0.1, 0.15) is 5.76 Å². The molecule has 0 radical (unpaired) electrons. The summed E-state index contributed by atoms with van der Waals surface area (Å²) in [5.74, 6) is 0.815. The summed E-state index contributed by atoms with van der Waals surface area (Å²) in [5.41, 5.74) is 0. The number of carbonyl (C=O) groups is 1. The fourth-order valence-electron chi connectivity index (χ4n) is 1.89. The molecule has 0 saturated heterocycles. The second kappa shape index (κ2) is 8.38. The number of ether oxygens (including phenoxy) is 2. The topological polar surface area (TPSA) is 86.0 Å². The highest BCUT2D eigenvalue weighted by atomic mass is 32.2. The third kappa shape index (κ3) is 5.14. The van der Waals surface area contributed by atoms with Crippen LogP contribution in [0.4, 0.5) is 0 Å². The van der Waals surface area contributed by atoms with Crippen LogP contribution in [0.5, 0.6) is 11.5 Å². The zero-order valence-electron chi connectivity index (χ0n) is 12.7. The van der Waals surface area contributed by atoms with E-state index in [4.69, 9.17) is 19.0 Å². The van der Waals surface area contributed by atoms with Crippen molar-refractivity contribution in [3.8, 4) is 11.5 Å². The highest BCUT2D eigenvalue weighted by Gasteiger charge is 2.11. The maximum Gasteiger partial charge on any atom is 0.371 e. The van der Waals surface area contributed by atoms with Crippen molar-refractivity contribution in [1.82, 2.24) is 0 Å². The molecule has 0 aliphatic heterocycles. The van der Waals surface area contributed by atoms with E-state index in [-0.39, 0.29) is 18.1 Å². The number of rotatable bonds is 9. The lowest BCUT2D eigenvalue weighted by atomic mass is 10.3. The first-order valence-electron chi connectivity index (χ1n) is 7.11. The van der Waals surface area contributed by atoms with Crippen molar-refractivity contribution in [3.05, 3.63) is 47.9 Å². The van der Waals surface area contributed by atoms with E-state index in [1.807, 2.05) is 25.1 Å². The molecule has 1 N–H and O–H groups in total. The maximum atomic E-state index is 12.0. The minimum atomic E-state index is -1.21. The molecular weight excluding hydrogens is 320 g/mol. The van der Waals surface area contributed by atoms with Crippen LogP contribution in [0.25, 0.3) is 0 Å². The molecule has 0 fully saturated rings. The van der Waals surface area contributed by atoms with E-state index in [0.29, 0.717) is 29.6 Å². The largest absolute Gasteiger partial charge is 0.490 e. The Morgan fingerprint density at radius 3 is 2.48 bits per heavy atom. The Bertz CT molecular complexity index is 679. The quantitative estimate of drug-likeness (QED) is 0.756. The van der Waals surface area contributed by atoms with E-state index in [1.165, 1.54) is 12.1 Å². The summed E-state index contributed by atoms with van der Waals surface area (Å²) in [4.78, 5) is 10.7. The van der Waals surface area contributed by atoms with Gasteiger partial charge in [-0.05, 0) is 31.2 Å². The Labute approximate surface area is 136 Å². The zero-order valence-corrected chi connectivity index (χ0v) is 13.5. The van der Waals surface area contributed by atoms with Gasteiger partial charge in [-0.1, -0.05) is 12.1 Å². The third-order valence-electron chi connectivity index (χ3n) is 2.89. The van der Waals surface area contributed by atoms with Gasteiger partial charge in [0.05, 0.1) is 24.7 Å². The summed E-state index contributed by atoms with van der Waals surface area (Å²) in [7, 11) is -1.21. The van der Waals surface area contributed by atoms with E-state index in [2.05, 4.69) is 0 Å². The lowest BCUT2D eigenvalue weighted by Gasteiger charge is -2.11. The second-order valence-corrected chi connectivity index (χ2v) is 6.16. The Kier molecular flexibility index (Phi) is 6.22. The smallest absolute Gasteiger partial charge is 0.371 e. The van der Waals surface area contributed by atoms with Crippen LogP contribution >= 0.6 is 0 Å². The van der Waals surface area contributed by atoms with Crippen LogP contribution in [-0.2, 0) is 16.6 Å². The predicted octanol–water partition coefficient (Wildman–Crippen LogP) is 2.70. The first kappa shape index (κ1) is 17.1. The summed E-state index contributed by atoms with van der Waals surface area (Å²) in [6, 6.07) is 10.2. The molecule has 2 aromatic rings. The number of furan rings is 1. The van der Waals surface area contributed by atoms with Crippen LogP contribution < -0.4 is 9.47 Å². The number of benzene rings is 1. The van der Waals surface area contributed by atoms with Crippen molar-refractivity contribution in [2.45, 2.75) is 12.7 Å². The van der Waals surface area contributed by atoms with Gasteiger partial charge in [-0.25, -0.2) is 4.79 Å². The molecular formula is C16H18O6S. The first-order valence-corrected chi connectivity index (χ1v) is 8.60. The molecule has 2 rings (SSSR count). The molecule has 0 aliphatic carbocycles. The van der Waals surface area contributed by atoms with Crippen LogP contribution in [0.2, 0.25) is 0 Å². The Balaban J connectivity index is 1.81. The molecule has 1 atom stereocenters. The van der Waals surface area contributed by atoms with E-state index in [9.17, 15) is 9.00 Å². The van der Waals surface area contributed by atoms with Crippen LogP contribution in [0.3, 0.4) is 0 Å². The zero-order chi connectivity index (χ0) is 16.7. The van der Waals surface area contributed by atoms with Gasteiger partial charge in [-0.15, -0.1) is 0 Å². The molecule has 23 heavy (non-hydrogen) atoms. The van der Waals surface area contributed by atoms with E-state index >= 15 is 0 Å². The minimum absolute atomic E-state index is 0.154. The number of para-hydroxylation sites is 2. The van der Waals surface area contributed by atoms with Crippen molar-refractivity contribution in [2.24, 2.45) is 0 Å². The molecule has 1 heterocycles. The van der Waals surface area contributed by atoms with E-state index < -0.39 is 16.8 Å². The number of carboxylic acid groups (broad SMARTS) is 1. The second-order valence-electron chi connectivity index (χ2n) is 4.59. The van der Waals surface area contributed by atoms with Crippen molar-refractivity contribution < 1.29 is 28.0 Å². The average Bonchev–Trinajstić information content (AvgIpc) is 2.98. The molecule has 7 heteroatoms. The summed E-state index contributed by atoms with van der Waals surface area (Å²) < 4.78 is 28.1. The fourth-order valence-corrected chi connectivity index (χ4v) is 2.78. The number of hydrogen-bond donors (Lipinski definition) is 1. The molecule has 0 spiro atoms. The Morgan fingerprint density at radius 1 is 1.17 bits per heavy atom. The normalized spacial score (nSPS) is 11.9. The first-order chi connectivity index (χ1) is 11.1. The summed E-state index contributed by atoms with van der Waals surface area (Å²) >= 11 is 0. The summed E-state index contributed by atoms with van der Waals surface area (Å²) in [6.45, 7) is 2.69. The molecule has 124 valence electrons. The van der Waals surface area contributed by atoms with E-state index in [1.54, 1.807) is 6.07 Å². The lowest BCUT2D eigenvalue weighted by Crippen LogP contribution is -2.10. The van der Waals surface area contributed by atoms with Gasteiger partial charge >= 0.3 is 5.97 Å². The maximum absolute atomic E-state index is 12.0. The Morgan fingerprint density at radius 2 is 1.87 bits per heavy atom.